The van der Waals surface area contributed by atoms with Crippen molar-refractivity contribution >= 4 is 34.0 Å². The average molecular weight is 323 g/mol. The molecule has 2 N–H and O–H groups in total. The summed E-state index contributed by atoms with van der Waals surface area (Å²) in [4.78, 5) is 12.0. The first-order valence-corrected chi connectivity index (χ1v) is 7.98. The van der Waals surface area contributed by atoms with Gasteiger partial charge in [0.25, 0.3) is 0 Å². The molecule has 21 heavy (non-hydrogen) atoms. The van der Waals surface area contributed by atoms with E-state index in [0.29, 0.717) is 16.6 Å². The van der Waals surface area contributed by atoms with Gasteiger partial charge in [0.05, 0.1) is 5.92 Å². The summed E-state index contributed by atoms with van der Waals surface area (Å²) in [5.74, 6) is 0.0516. The SMILES string of the molecule is O=C(Nc1nnc(Cc2cccc(Cl)c2)s1)C1CCNC1. The molecule has 110 valence electrons. The van der Waals surface area contributed by atoms with Crippen molar-refractivity contribution in [2.75, 3.05) is 18.4 Å². The lowest BCUT2D eigenvalue weighted by Crippen LogP contribution is -2.24. The molecule has 2 aromatic rings. The predicted octanol–water partition coefficient (Wildman–Crippen LogP) is 2.33. The molecule has 1 aromatic carbocycles. The molecule has 1 aliphatic rings. The molecular weight excluding hydrogens is 308 g/mol. The number of nitrogens with zero attached hydrogens (tertiary/aromatic N) is 2. The fourth-order valence-electron chi connectivity index (χ4n) is 2.28. The third-order valence-corrected chi connectivity index (χ3v) is 4.45. The summed E-state index contributed by atoms with van der Waals surface area (Å²) in [5.41, 5.74) is 1.08. The van der Waals surface area contributed by atoms with Crippen LogP contribution >= 0.6 is 22.9 Å². The van der Waals surface area contributed by atoms with Gasteiger partial charge in [-0.1, -0.05) is 35.1 Å². The molecule has 7 heteroatoms. The highest BCUT2D eigenvalue weighted by Gasteiger charge is 2.23. The minimum absolute atomic E-state index is 0.0189. The van der Waals surface area contributed by atoms with Gasteiger partial charge in [0.1, 0.15) is 5.01 Å². The van der Waals surface area contributed by atoms with Crippen molar-refractivity contribution in [3.05, 3.63) is 39.9 Å². The van der Waals surface area contributed by atoms with Gasteiger partial charge in [-0.05, 0) is 30.7 Å². The van der Waals surface area contributed by atoms with Gasteiger partial charge >= 0.3 is 0 Å². The molecule has 0 saturated carbocycles. The number of benzene rings is 1. The number of hydrogen-bond acceptors (Lipinski definition) is 5. The maximum atomic E-state index is 12.0. The van der Waals surface area contributed by atoms with Gasteiger partial charge in [0.15, 0.2) is 0 Å². The van der Waals surface area contributed by atoms with Gasteiger partial charge in [-0.2, -0.15) is 0 Å². The number of halogens is 1. The van der Waals surface area contributed by atoms with E-state index in [-0.39, 0.29) is 11.8 Å². The maximum absolute atomic E-state index is 12.0. The van der Waals surface area contributed by atoms with E-state index in [1.807, 2.05) is 24.3 Å². The molecule has 1 aliphatic heterocycles. The topological polar surface area (TPSA) is 66.9 Å². The van der Waals surface area contributed by atoms with Crippen molar-refractivity contribution < 1.29 is 4.79 Å². The number of carbonyl (C=O) groups excluding carboxylic acids is 1. The van der Waals surface area contributed by atoms with Crippen molar-refractivity contribution in [3.8, 4) is 0 Å². The molecule has 1 amide bonds. The second-order valence-corrected chi connectivity index (χ2v) is 6.49. The molecular formula is C14H15ClN4OS. The van der Waals surface area contributed by atoms with Crippen molar-refractivity contribution in [2.24, 2.45) is 5.92 Å². The van der Waals surface area contributed by atoms with Crippen LogP contribution in [0.5, 0.6) is 0 Å². The summed E-state index contributed by atoms with van der Waals surface area (Å²) >= 11 is 7.37. The van der Waals surface area contributed by atoms with E-state index in [1.54, 1.807) is 0 Å². The lowest BCUT2D eigenvalue weighted by molar-refractivity contribution is -0.119. The van der Waals surface area contributed by atoms with Crippen LogP contribution < -0.4 is 10.6 Å². The van der Waals surface area contributed by atoms with E-state index in [4.69, 9.17) is 11.6 Å². The predicted molar refractivity (Wildman–Crippen MR) is 83.8 cm³/mol. The van der Waals surface area contributed by atoms with Gasteiger partial charge in [0, 0.05) is 18.0 Å². The fraction of sp³-hybridized carbons (Fsp3) is 0.357. The van der Waals surface area contributed by atoms with Gasteiger partial charge in [0.2, 0.25) is 11.0 Å². The third kappa shape index (κ3) is 3.78. The van der Waals surface area contributed by atoms with Gasteiger partial charge in [-0.3, -0.25) is 4.79 Å². The Morgan fingerprint density at radius 2 is 2.38 bits per heavy atom. The zero-order valence-electron chi connectivity index (χ0n) is 11.3. The Balaban J connectivity index is 1.62. The molecule has 0 aliphatic carbocycles. The summed E-state index contributed by atoms with van der Waals surface area (Å²) < 4.78 is 0. The Kier molecular flexibility index (Phi) is 4.48. The molecule has 1 saturated heterocycles. The first-order chi connectivity index (χ1) is 10.2. The zero-order valence-corrected chi connectivity index (χ0v) is 12.9. The van der Waals surface area contributed by atoms with E-state index in [1.165, 1.54) is 11.3 Å². The second kappa shape index (κ2) is 6.51. The standard InChI is InChI=1S/C14H15ClN4OS/c15-11-3-1-2-9(6-11)7-12-18-19-14(21-12)17-13(20)10-4-5-16-8-10/h1-3,6,10,16H,4-5,7-8H2,(H,17,19,20). The van der Waals surface area contributed by atoms with Crippen LogP contribution in [0.15, 0.2) is 24.3 Å². The number of anilines is 1. The van der Waals surface area contributed by atoms with Crippen LogP contribution in [0.25, 0.3) is 0 Å². The number of aromatic nitrogens is 2. The summed E-state index contributed by atoms with van der Waals surface area (Å²) in [7, 11) is 0. The van der Waals surface area contributed by atoms with Crippen LogP contribution in [-0.4, -0.2) is 29.2 Å². The van der Waals surface area contributed by atoms with Crippen molar-refractivity contribution in [3.63, 3.8) is 0 Å². The minimum atomic E-state index is 0.0189. The lowest BCUT2D eigenvalue weighted by atomic mass is 10.1. The highest BCUT2D eigenvalue weighted by molar-refractivity contribution is 7.15. The summed E-state index contributed by atoms with van der Waals surface area (Å²) in [6.07, 6.45) is 1.54. The maximum Gasteiger partial charge on any atom is 0.230 e. The zero-order chi connectivity index (χ0) is 14.7. The van der Waals surface area contributed by atoms with E-state index in [0.717, 1.165) is 30.1 Å². The smallest absolute Gasteiger partial charge is 0.230 e. The molecule has 1 unspecified atom stereocenters. The largest absolute Gasteiger partial charge is 0.316 e. The van der Waals surface area contributed by atoms with Crippen LogP contribution in [-0.2, 0) is 11.2 Å². The average Bonchev–Trinajstić information content (AvgIpc) is 3.10. The molecule has 5 nitrogen and oxygen atoms in total. The quantitative estimate of drug-likeness (QED) is 0.906. The Morgan fingerprint density at radius 1 is 1.48 bits per heavy atom. The van der Waals surface area contributed by atoms with Crippen molar-refractivity contribution in [2.45, 2.75) is 12.8 Å². The monoisotopic (exact) mass is 322 g/mol. The number of nitrogens with one attached hydrogen (secondary N) is 2. The number of carbonyl (C=O) groups is 1. The number of hydrogen-bond donors (Lipinski definition) is 2. The summed E-state index contributed by atoms with van der Waals surface area (Å²) in [6.45, 7) is 1.63. The van der Waals surface area contributed by atoms with Crippen LogP contribution in [0.2, 0.25) is 5.02 Å². The Morgan fingerprint density at radius 3 is 3.14 bits per heavy atom. The minimum Gasteiger partial charge on any atom is -0.316 e. The Bertz CT molecular complexity index is 639. The van der Waals surface area contributed by atoms with E-state index < -0.39 is 0 Å². The second-order valence-electron chi connectivity index (χ2n) is 4.99. The fourth-order valence-corrected chi connectivity index (χ4v) is 3.27. The third-order valence-electron chi connectivity index (χ3n) is 3.37. The normalized spacial score (nSPS) is 17.9. The van der Waals surface area contributed by atoms with Gasteiger partial charge < -0.3 is 10.6 Å². The van der Waals surface area contributed by atoms with Gasteiger partial charge in [-0.25, -0.2) is 0 Å². The molecule has 1 aromatic heterocycles. The van der Waals surface area contributed by atoms with Crippen molar-refractivity contribution in [1.29, 1.82) is 0 Å². The van der Waals surface area contributed by atoms with Crippen LogP contribution in [0.1, 0.15) is 17.0 Å². The highest BCUT2D eigenvalue weighted by Crippen LogP contribution is 2.21. The van der Waals surface area contributed by atoms with Crippen LogP contribution in [0.3, 0.4) is 0 Å². The highest BCUT2D eigenvalue weighted by atomic mass is 35.5. The van der Waals surface area contributed by atoms with Crippen LogP contribution in [0.4, 0.5) is 5.13 Å². The lowest BCUT2D eigenvalue weighted by Gasteiger charge is -2.06. The van der Waals surface area contributed by atoms with Gasteiger partial charge in [-0.15, -0.1) is 10.2 Å². The molecule has 1 fully saturated rings. The molecule has 0 radical (unpaired) electrons. The molecule has 2 heterocycles. The Hall–Kier alpha value is -1.50. The van der Waals surface area contributed by atoms with Crippen molar-refractivity contribution in [1.82, 2.24) is 15.5 Å². The molecule has 0 bridgehead atoms. The van der Waals surface area contributed by atoms with E-state index >= 15 is 0 Å². The summed E-state index contributed by atoms with van der Waals surface area (Å²) in [6, 6.07) is 7.65. The Labute approximate surface area is 131 Å². The number of amides is 1. The molecule has 1 atom stereocenters. The first kappa shape index (κ1) is 14.4. The van der Waals surface area contributed by atoms with E-state index in [2.05, 4.69) is 20.8 Å². The molecule has 3 rings (SSSR count). The van der Waals surface area contributed by atoms with E-state index in [9.17, 15) is 4.79 Å². The first-order valence-electron chi connectivity index (χ1n) is 6.79. The number of rotatable bonds is 4. The summed E-state index contributed by atoms with van der Waals surface area (Å²) in [5, 5.41) is 16.3. The molecule has 0 spiro atoms. The van der Waals surface area contributed by atoms with Crippen LogP contribution in [0, 0.1) is 5.92 Å².